The van der Waals surface area contributed by atoms with Crippen molar-refractivity contribution in [3.8, 4) is 0 Å². The first-order chi connectivity index (χ1) is 9.95. The van der Waals surface area contributed by atoms with Crippen LogP contribution in [0.1, 0.15) is 64.0 Å². The van der Waals surface area contributed by atoms with E-state index in [4.69, 9.17) is 0 Å². The van der Waals surface area contributed by atoms with E-state index in [0.29, 0.717) is 0 Å². The molecule has 1 fully saturated rings. The van der Waals surface area contributed by atoms with E-state index in [9.17, 15) is 5.11 Å². The van der Waals surface area contributed by atoms with Gasteiger partial charge in [0, 0.05) is 11.0 Å². The lowest BCUT2D eigenvalue weighted by atomic mass is 9.86. The molecule has 0 saturated heterocycles. The predicted molar refractivity (Wildman–Crippen MR) is 94.2 cm³/mol. The summed E-state index contributed by atoms with van der Waals surface area (Å²) in [5.41, 5.74) is 2.81. The van der Waals surface area contributed by atoms with Gasteiger partial charge in [0.1, 0.15) is 0 Å². The first-order valence-electron chi connectivity index (χ1n) is 8.34. The molecule has 1 aliphatic carbocycles. The van der Waals surface area contributed by atoms with Crippen LogP contribution >= 0.6 is 11.8 Å². The Bertz CT molecular complexity index is 412. The number of hydrogen-bond donors (Lipinski definition) is 1. The van der Waals surface area contributed by atoms with Crippen LogP contribution in [0.4, 0.5) is 0 Å². The molecule has 0 aliphatic heterocycles. The lowest BCUT2D eigenvalue weighted by molar-refractivity contribution is 0.200. The van der Waals surface area contributed by atoms with E-state index >= 15 is 0 Å². The Morgan fingerprint density at radius 3 is 2.29 bits per heavy atom. The summed E-state index contributed by atoms with van der Waals surface area (Å²) in [6, 6.07) is 8.76. The van der Waals surface area contributed by atoms with Crippen molar-refractivity contribution in [3.63, 3.8) is 0 Å². The molecule has 1 aromatic carbocycles. The average molecular weight is 307 g/mol. The summed E-state index contributed by atoms with van der Waals surface area (Å²) in [5.74, 6) is 0.881. The smallest absolute Gasteiger partial charge is 0.0670 e. The molecule has 1 atom stereocenters. The van der Waals surface area contributed by atoms with Gasteiger partial charge in [-0.15, -0.1) is 0 Å². The molecule has 118 valence electrons. The zero-order chi connectivity index (χ0) is 15.3. The normalized spacial score (nSPS) is 18.7. The van der Waals surface area contributed by atoms with Gasteiger partial charge in [-0.3, -0.25) is 0 Å². The van der Waals surface area contributed by atoms with Crippen LogP contribution in [-0.2, 0) is 11.8 Å². The van der Waals surface area contributed by atoms with E-state index in [-0.39, 0.29) is 11.5 Å². The number of aliphatic hydroxyl groups is 1. The van der Waals surface area contributed by atoms with Crippen LogP contribution in [0.5, 0.6) is 0 Å². The first-order valence-corrected chi connectivity index (χ1v) is 9.39. The molecule has 1 N–H and O–H groups in total. The average Bonchev–Trinajstić information content (AvgIpc) is 2.46. The fourth-order valence-corrected chi connectivity index (χ4v) is 4.23. The molecule has 0 spiro atoms. The summed E-state index contributed by atoms with van der Waals surface area (Å²) in [6.45, 7) is 6.70. The SMILES string of the molecule is CC(C)(C)c1ccc(CC(O)CSC2CCCCC2)cc1. The fourth-order valence-electron chi connectivity index (χ4n) is 2.95. The Hall–Kier alpha value is -0.470. The van der Waals surface area contributed by atoms with Crippen LogP contribution in [0.2, 0.25) is 0 Å². The topological polar surface area (TPSA) is 20.2 Å². The van der Waals surface area contributed by atoms with Gasteiger partial charge >= 0.3 is 0 Å². The molecule has 21 heavy (non-hydrogen) atoms. The third-order valence-electron chi connectivity index (χ3n) is 4.37. The second-order valence-electron chi connectivity index (χ2n) is 7.40. The highest BCUT2D eigenvalue weighted by molar-refractivity contribution is 7.99. The fraction of sp³-hybridized carbons (Fsp3) is 0.684. The maximum Gasteiger partial charge on any atom is 0.0670 e. The third kappa shape index (κ3) is 5.67. The second-order valence-corrected chi connectivity index (χ2v) is 8.73. The predicted octanol–water partition coefficient (Wildman–Crippen LogP) is 4.95. The van der Waals surface area contributed by atoms with Crippen molar-refractivity contribution in [1.29, 1.82) is 0 Å². The van der Waals surface area contributed by atoms with Crippen LogP contribution in [0.15, 0.2) is 24.3 Å². The maximum absolute atomic E-state index is 10.2. The van der Waals surface area contributed by atoms with Crippen molar-refractivity contribution in [2.45, 2.75) is 76.1 Å². The quantitative estimate of drug-likeness (QED) is 0.830. The Morgan fingerprint density at radius 2 is 1.71 bits per heavy atom. The number of aliphatic hydroxyl groups excluding tert-OH is 1. The van der Waals surface area contributed by atoms with Crippen LogP contribution in [0, 0.1) is 0 Å². The molecule has 1 saturated carbocycles. The van der Waals surface area contributed by atoms with Crippen molar-refractivity contribution >= 4 is 11.8 Å². The van der Waals surface area contributed by atoms with Crippen molar-refractivity contribution in [2.24, 2.45) is 0 Å². The molecule has 0 aromatic heterocycles. The van der Waals surface area contributed by atoms with Crippen molar-refractivity contribution in [2.75, 3.05) is 5.75 Å². The van der Waals surface area contributed by atoms with Crippen molar-refractivity contribution in [3.05, 3.63) is 35.4 Å². The molecule has 1 aliphatic rings. The lowest BCUT2D eigenvalue weighted by Gasteiger charge is -2.22. The van der Waals surface area contributed by atoms with Crippen LogP contribution in [0.25, 0.3) is 0 Å². The number of rotatable bonds is 5. The number of thioether (sulfide) groups is 1. The van der Waals surface area contributed by atoms with E-state index in [0.717, 1.165) is 17.4 Å². The Kier molecular flexibility index (Phi) is 6.19. The largest absolute Gasteiger partial charge is 0.392 e. The van der Waals surface area contributed by atoms with Gasteiger partial charge in [-0.1, -0.05) is 64.3 Å². The standard InChI is InChI=1S/C19H30OS/c1-19(2,3)16-11-9-15(10-12-16)13-17(20)14-21-18-7-5-4-6-8-18/h9-12,17-18,20H,4-8,13-14H2,1-3H3. The summed E-state index contributed by atoms with van der Waals surface area (Å²) >= 11 is 1.98. The summed E-state index contributed by atoms with van der Waals surface area (Å²) in [4.78, 5) is 0. The van der Waals surface area contributed by atoms with Gasteiger partial charge in [0.2, 0.25) is 0 Å². The van der Waals surface area contributed by atoms with E-state index in [1.54, 1.807) is 0 Å². The number of benzene rings is 1. The molecular formula is C19H30OS. The highest BCUT2D eigenvalue weighted by Crippen LogP contribution is 2.29. The van der Waals surface area contributed by atoms with E-state index in [1.165, 1.54) is 43.2 Å². The highest BCUT2D eigenvalue weighted by Gasteiger charge is 2.16. The molecule has 0 bridgehead atoms. The Morgan fingerprint density at radius 1 is 1.10 bits per heavy atom. The maximum atomic E-state index is 10.2. The van der Waals surface area contributed by atoms with Gasteiger partial charge < -0.3 is 5.11 Å². The molecule has 0 amide bonds. The summed E-state index contributed by atoms with van der Waals surface area (Å²) < 4.78 is 0. The van der Waals surface area contributed by atoms with E-state index in [2.05, 4.69) is 45.0 Å². The molecule has 1 aromatic rings. The van der Waals surface area contributed by atoms with E-state index < -0.39 is 0 Å². The summed E-state index contributed by atoms with van der Waals surface area (Å²) in [5, 5.41) is 11.0. The van der Waals surface area contributed by atoms with Crippen LogP contribution < -0.4 is 0 Å². The first kappa shape index (κ1) is 16.9. The zero-order valence-electron chi connectivity index (χ0n) is 13.8. The second kappa shape index (κ2) is 7.69. The monoisotopic (exact) mass is 306 g/mol. The molecular weight excluding hydrogens is 276 g/mol. The van der Waals surface area contributed by atoms with Crippen LogP contribution in [-0.4, -0.2) is 22.2 Å². The van der Waals surface area contributed by atoms with Crippen molar-refractivity contribution < 1.29 is 5.11 Å². The Balaban J connectivity index is 1.78. The van der Waals surface area contributed by atoms with Crippen LogP contribution in [0.3, 0.4) is 0 Å². The lowest BCUT2D eigenvalue weighted by Crippen LogP contribution is -2.18. The van der Waals surface area contributed by atoms with Gasteiger partial charge in [0.25, 0.3) is 0 Å². The van der Waals surface area contributed by atoms with Gasteiger partial charge in [0.05, 0.1) is 6.10 Å². The number of hydrogen-bond acceptors (Lipinski definition) is 2. The minimum absolute atomic E-state index is 0.202. The third-order valence-corrected chi connectivity index (χ3v) is 5.89. The zero-order valence-corrected chi connectivity index (χ0v) is 14.6. The Labute approximate surface area is 134 Å². The molecule has 2 rings (SSSR count). The summed E-state index contributed by atoms with van der Waals surface area (Å²) in [7, 11) is 0. The van der Waals surface area contributed by atoms with Crippen molar-refractivity contribution in [1.82, 2.24) is 0 Å². The molecule has 2 heteroatoms. The minimum atomic E-state index is -0.211. The van der Waals surface area contributed by atoms with Gasteiger partial charge in [0.15, 0.2) is 0 Å². The van der Waals surface area contributed by atoms with Gasteiger partial charge in [-0.25, -0.2) is 0 Å². The van der Waals surface area contributed by atoms with E-state index in [1.807, 2.05) is 11.8 Å². The summed E-state index contributed by atoms with van der Waals surface area (Å²) in [6.07, 6.45) is 7.42. The molecule has 1 nitrogen and oxygen atoms in total. The van der Waals surface area contributed by atoms with Gasteiger partial charge in [-0.05, 0) is 35.8 Å². The highest BCUT2D eigenvalue weighted by atomic mass is 32.2. The molecule has 1 unspecified atom stereocenters. The minimum Gasteiger partial charge on any atom is -0.392 e. The molecule has 0 heterocycles. The molecule has 0 radical (unpaired) electrons. The van der Waals surface area contributed by atoms with Gasteiger partial charge in [-0.2, -0.15) is 11.8 Å².